The zero-order valence-corrected chi connectivity index (χ0v) is 18.9. The van der Waals surface area contributed by atoms with E-state index in [1.54, 1.807) is 0 Å². The second-order valence-corrected chi connectivity index (χ2v) is 9.89. The summed E-state index contributed by atoms with van der Waals surface area (Å²) in [6.45, 7) is 12.6. The molecule has 1 unspecified atom stereocenters. The number of hydrogen-bond acceptors (Lipinski definition) is 4. The monoisotopic (exact) mass is 425 g/mol. The Morgan fingerprint density at radius 2 is 1.64 bits per heavy atom. The summed E-state index contributed by atoms with van der Waals surface area (Å²) in [7, 11) is 1.41. The molecule has 0 amide bonds. The first-order valence-corrected chi connectivity index (χ1v) is 10.4. The maximum Gasteiger partial charge on any atom is 0.316 e. The van der Waals surface area contributed by atoms with Crippen LogP contribution >= 0.6 is 11.6 Å². The lowest BCUT2D eigenvalue weighted by Gasteiger charge is -2.26. The van der Waals surface area contributed by atoms with Crippen LogP contribution in [0, 0.1) is 0 Å². The maximum absolute atomic E-state index is 12.6. The molecule has 0 saturated carbocycles. The average molecular weight is 426 g/mol. The van der Waals surface area contributed by atoms with Gasteiger partial charge in [0.05, 0.1) is 17.8 Å². The number of rotatable bonds is 5. The minimum absolute atomic E-state index is 0.0682. The molecule has 28 heavy (non-hydrogen) atoms. The van der Waals surface area contributed by atoms with Crippen molar-refractivity contribution in [2.75, 3.05) is 11.8 Å². The number of aromatic hydroxyl groups is 1. The van der Waals surface area contributed by atoms with Gasteiger partial charge in [0.25, 0.3) is 0 Å². The zero-order chi connectivity index (χ0) is 21.3. The molecule has 5 nitrogen and oxygen atoms in total. The van der Waals surface area contributed by atoms with Crippen LogP contribution in [0.3, 0.4) is 0 Å². The quantitative estimate of drug-likeness (QED) is 0.601. The molecule has 0 aliphatic rings. The van der Waals surface area contributed by atoms with Crippen LogP contribution in [0.4, 0.5) is 5.69 Å². The molecule has 0 radical (unpaired) electrons. The van der Waals surface area contributed by atoms with Gasteiger partial charge in [-0.25, -0.2) is 0 Å². The first-order chi connectivity index (χ1) is 12.8. The Bertz CT molecular complexity index is 885. The van der Waals surface area contributed by atoms with Crippen LogP contribution in [-0.2, 0) is 22.1 Å². The van der Waals surface area contributed by atoms with Crippen LogP contribution in [0.25, 0.3) is 0 Å². The van der Waals surface area contributed by atoms with Crippen LogP contribution in [0.5, 0.6) is 17.2 Å². The Kier molecular flexibility index (Phi) is 6.56. The van der Waals surface area contributed by atoms with Crippen LogP contribution < -0.4 is 13.6 Å². The molecule has 2 aromatic rings. The van der Waals surface area contributed by atoms with Crippen molar-refractivity contribution >= 4 is 28.6 Å². The van der Waals surface area contributed by atoms with Crippen LogP contribution in [0.1, 0.15) is 52.7 Å². The van der Waals surface area contributed by atoms with Gasteiger partial charge >= 0.3 is 11.3 Å². The van der Waals surface area contributed by atoms with Crippen molar-refractivity contribution in [1.29, 1.82) is 0 Å². The molecule has 0 aliphatic heterocycles. The van der Waals surface area contributed by atoms with Gasteiger partial charge in [-0.05, 0) is 28.5 Å². The lowest BCUT2D eigenvalue weighted by atomic mass is 9.81. The number of halogens is 1. The molecular weight excluding hydrogens is 398 g/mol. The van der Waals surface area contributed by atoms with Gasteiger partial charge in [0.2, 0.25) is 0 Å². The zero-order valence-electron chi connectivity index (χ0n) is 17.3. The molecule has 0 fully saturated rings. The van der Waals surface area contributed by atoms with Crippen molar-refractivity contribution in [3.05, 3.63) is 46.5 Å². The Hall–Kier alpha value is -1.92. The van der Waals surface area contributed by atoms with E-state index in [1.165, 1.54) is 19.2 Å². The fourth-order valence-corrected chi connectivity index (χ4v) is 3.53. The van der Waals surface area contributed by atoms with Gasteiger partial charge in [0, 0.05) is 11.6 Å². The van der Waals surface area contributed by atoms with E-state index < -0.39 is 11.3 Å². The second-order valence-electron chi connectivity index (χ2n) is 8.64. The molecule has 0 aliphatic carbocycles. The van der Waals surface area contributed by atoms with Gasteiger partial charge in [0.15, 0.2) is 11.5 Å². The summed E-state index contributed by atoms with van der Waals surface area (Å²) in [5, 5.41) is 9.92. The number of nitrogens with one attached hydrogen (secondary N) is 1. The number of methoxy groups -OCH3 is 1. The van der Waals surface area contributed by atoms with Gasteiger partial charge in [-0.1, -0.05) is 65.3 Å². The smallest absolute Gasteiger partial charge is 0.316 e. The highest BCUT2D eigenvalue weighted by atomic mass is 35.5. The SMILES string of the molecule is COc1cc(NS(=O)Oc2cc(C(C)(C)C)ccc2C(C)(C)C)cc(Cl)c1O. The lowest BCUT2D eigenvalue weighted by Crippen LogP contribution is -2.19. The molecule has 0 heterocycles. The molecule has 1 atom stereocenters. The molecule has 0 saturated heterocycles. The maximum atomic E-state index is 12.6. The van der Waals surface area contributed by atoms with Gasteiger partial charge in [-0.15, -0.1) is 0 Å². The van der Waals surface area contributed by atoms with E-state index in [4.69, 9.17) is 20.5 Å². The minimum atomic E-state index is -1.87. The average Bonchev–Trinajstić information content (AvgIpc) is 2.56. The van der Waals surface area contributed by atoms with Gasteiger partial charge in [-0.2, -0.15) is 4.21 Å². The highest BCUT2D eigenvalue weighted by molar-refractivity contribution is 7.82. The van der Waals surface area contributed by atoms with E-state index >= 15 is 0 Å². The van der Waals surface area contributed by atoms with Crippen molar-refractivity contribution in [3.63, 3.8) is 0 Å². The molecule has 0 bridgehead atoms. The van der Waals surface area contributed by atoms with E-state index in [9.17, 15) is 9.32 Å². The van der Waals surface area contributed by atoms with Crippen LogP contribution in [0.2, 0.25) is 5.02 Å². The highest BCUT2D eigenvalue weighted by Gasteiger charge is 2.24. The third-order valence-electron chi connectivity index (χ3n) is 4.27. The fraction of sp³-hybridized carbons (Fsp3) is 0.429. The Morgan fingerprint density at radius 1 is 1.00 bits per heavy atom. The summed E-state index contributed by atoms with van der Waals surface area (Å²) in [5.74, 6) is 0.564. The van der Waals surface area contributed by atoms with Crippen molar-refractivity contribution in [2.24, 2.45) is 0 Å². The van der Waals surface area contributed by atoms with Crippen molar-refractivity contribution < 1.29 is 18.2 Å². The van der Waals surface area contributed by atoms with Gasteiger partial charge in [-0.3, -0.25) is 4.72 Å². The summed E-state index contributed by atoms with van der Waals surface area (Å²) < 4.78 is 26.2. The van der Waals surface area contributed by atoms with Crippen LogP contribution in [0.15, 0.2) is 30.3 Å². The van der Waals surface area contributed by atoms with Crippen molar-refractivity contribution in [3.8, 4) is 17.2 Å². The second kappa shape index (κ2) is 8.21. The van der Waals surface area contributed by atoms with Crippen molar-refractivity contribution in [2.45, 2.75) is 52.4 Å². The summed E-state index contributed by atoms with van der Waals surface area (Å²) in [6.07, 6.45) is 0. The Balaban J connectivity index is 2.34. The predicted octanol–water partition coefficient (Wildman–Crippen LogP) is 5.72. The topological polar surface area (TPSA) is 67.8 Å². The third-order valence-corrected chi connectivity index (χ3v) is 5.29. The van der Waals surface area contributed by atoms with E-state index in [0.29, 0.717) is 11.4 Å². The Morgan fingerprint density at radius 3 is 2.18 bits per heavy atom. The minimum Gasteiger partial charge on any atom is -0.503 e. The summed E-state index contributed by atoms with van der Waals surface area (Å²) >= 11 is 4.11. The number of hydrogen-bond donors (Lipinski definition) is 2. The first-order valence-electron chi connectivity index (χ1n) is 8.91. The molecule has 0 aromatic heterocycles. The van der Waals surface area contributed by atoms with Gasteiger partial charge < -0.3 is 14.0 Å². The van der Waals surface area contributed by atoms with Crippen LogP contribution in [-0.4, -0.2) is 16.4 Å². The third kappa shape index (κ3) is 5.32. The number of phenolic OH excluding ortho intramolecular Hbond substituents is 1. The molecule has 7 heteroatoms. The van der Waals surface area contributed by atoms with E-state index in [0.717, 1.165) is 11.1 Å². The largest absolute Gasteiger partial charge is 0.503 e. The number of anilines is 1. The Labute approximate surface area is 174 Å². The number of benzene rings is 2. The number of phenols is 1. The van der Waals surface area contributed by atoms with E-state index in [2.05, 4.69) is 52.3 Å². The fourth-order valence-electron chi connectivity index (χ4n) is 2.66. The highest BCUT2D eigenvalue weighted by Crippen LogP contribution is 2.38. The van der Waals surface area contributed by atoms with Gasteiger partial charge in [0.1, 0.15) is 5.75 Å². The summed E-state index contributed by atoms with van der Waals surface area (Å²) in [6, 6.07) is 8.99. The molecular formula is C21H28ClNO4S. The lowest BCUT2D eigenvalue weighted by molar-refractivity contribution is 0.374. The van der Waals surface area contributed by atoms with Crippen molar-refractivity contribution in [1.82, 2.24) is 0 Å². The number of ether oxygens (including phenoxy) is 1. The molecule has 2 aromatic carbocycles. The molecule has 2 rings (SSSR count). The molecule has 2 N–H and O–H groups in total. The summed E-state index contributed by atoms with van der Waals surface area (Å²) in [5.41, 5.74) is 2.20. The van der Waals surface area contributed by atoms with E-state index in [-0.39, 0.29) is 27.4 Å². The standard InChI is InChI=1S/C21H28ClNO4S/c1-20(2,3)13-8-9-15(21(4,5)6)17(10-13)27-28(25)23-14-11-16(22)19(24)18(12-14)26-7/h8-12,23-24H,1-7H3. The van der Waals surface area contributed by atoms with E-state index in [1.807, 2.05) is 12.1 Å². The molecule has 154 valence electrons. The normalized spacial score (nSPS) is 13.1. The molecule has 0 spiro atoms. The predicted molar refractivity (Wildman–Crippen MR) is 116 cm³/mol. The first kappa shape index (κ1) is 22.4. The summed E-state index contributed by atoms with van der Waals surface area (Å²) in [4.78, 5) is 0.